The van der Waals surface area contributed by atoms with E-state index in [9.17, 15) is 9.59 Å². The van der Waals surface area contributed by atoms with Gasteiger partial charge in [0.1, 0.15) is 0 Å². The number of para-hydroxylation sites is 1. The van der Waals surface area contributed by atoms with E-state index >= 15 is 0 Å². The molecule has 1 heterocycles. The molecule has 0 amide bonds. The smallest absolute Gasteiger partial charge is 0.331 e. The van der Waals surface area contributed by atoms with E-state index in [-0.39, 0.29) is 5.78 Å². The predicted octanol–water partition coefficient (Wildman–Crippen LogP) is 6.00. The molecule has 5 heteroatoms. The van der Waals surface area contributed by atoms with Crippen LogP contribution < -0.4 is 0 Å². The second-order valence-electron chi connectivity index (χ2n) is 6.69. The van der Waals surface area contributed by atoms with E-state index < -0.39 is 12.1 Å². The molecular weight excluding hydrogens is 398 g/mol. The van der Waals surface area contributed by atoms with Crippen molar-refractivity contribution in [2.24, 2.45) is 0 Å². The molecule has 1 aromatic heterocycles. The summed E-state index contributed by atoms with van der Waals surface area (Å²) in [6.07, 6.45) is 3.44. The van der Waals surface area contributed by atoms with Gasteiger partial charge in [0, 0.05) is 39.3 Å². The van der Waals surface area contributed by atoms with Crippen molar-refractivity contribution >= 4 is 40.3 Å². The molecule has 4 aromatic rings. The maximum absolute atomic E-state index is 13.3. The van der Waals surface area contributed by atoms with Crippen LogP contribution in [-0.2, 0) is 9.53 Å². The van der Waals surface area contributed by atoms with E-state index in [1.165, 1.54) is 6.08 Å². The number of halogens is 1. The number of ketones is 1. The molecule has 0 aliphatic carbocycles. The first-order chi connectivity index (χ1) is 14.6. The van der Waals surface area contributed by atoms with Crippen molar-refractivity contribution in [2.45, 2.75) is 6.10 Å². The average Bonchev–Trinajstić information content (AvgIpc) is 3.21. The molecule has 148 valence electrons. The van der Waals surface area contributed by atoms with Gasteiger partial charge < -0.3 is 9.72 Å². The zero-order chi connectivity index (χ0) is 20.9. The van der Waals surface area contributed by atoms with Crippen molar-refractivity contribution in [1.82, 2.24) is 4.98 Å². The van der Waals surface area contributed by atoms with Gasteiger partial charge >= 0.3 is 5.97 Å². The first-order valence-corrected chi connectivity index (χ1v) is 9.80. The summed E-state index contributed by atoms with van der Waals surface area (Å²) in [5.41, 5.74) is 2.61. The predicted molar refractivity (Wildman–Crippen MR) is 118 cm³/mol. The highest BCUT2D eigenvalue weighted by atomic mass is 35.5. The lowest BCUT2D eigenvalue weighted by molar-refractivity contribution is -0.141. The zero-order valence-electron chi connectivity index (χ0n) is 15.9. The van der Waals surface area contributed by atoms with Crippen LogP contribution in [0.15, 0.2) is 91.1 Å². The van der Waals surface area contributed by atoms with Crippen LogP contribution in [0.2, 0.25) is 5.02 Å². The third-order valence-corrected chi connectivity index (χ3v) is 5.08. The number of ether oxygens (including phenoxy) is 1. The van der Waals surface area contributed by atoms with Crippen LogP contribution >= 0.6 is 11.6 Å². The summed E-state index contributed by atoms with van der Waals surface area (Å²) >= 11 is 6.12. The monoisotopic (exact) mass is 415 g/mol. The topological polar surface area (TPSA) is 59.2 Å². The summed E-state index contributed by atoms with van der Waals surface area (Å²) in [6.45, 7) is 0. The number of nitrogens with one attached hydrogen (secondary N) is 1. The minimum Gasteiger partial charge on any atom is -0.446 e. The normalized spacial score (nSPS) is 12.2. The Hall–Kier alpha value is -3.63. The number of esters is 1. The van der Waals surface area contributed by atoms with E-state index in [0.717, 1.165) is 10.9 Å². The van der Waals surface area contributed by atoms with E-state index in [2.05, 4.69) is 4.98 Å². The Morgan fingerprint density at radius 2 is 1.60 bits per heavy atom. The number of aromatic amines is 1. The summed E-state index contributed by atoms with van der Waals surface area (Å²) in [7, 11) is 0. The fourth-order valence-electron chi connectivity index (χ4n) is 3.24. The maximum atomic E-state index is 13.3. The fraction of sp³-hybridized carbons (Fsp3) is 0.0400. The largest absolute Gasteiger partial charge is 0.446 e. The number of fused-ring (bicyclic) bond motifs is 1. The molecule has 0 fully saturated rings. The lowest BCUT2D eigenvalue weighted by Gasteiger charge is -2.16. The van der Waals surface area contributed by atoms with Crippen molar-refractivity contribution in [3.8, 4) is 0 Å². The minimum atomic E-state index is -1.06. The van der Waals surface area contributed by atoms with Gasteiger partial charge in [-0.05, 0) is 23.8 Å². The van der Waals surface area contributed by atoms with Crippen molar-refractivity contribution in [1.29, 1.82) is 0 Å². The van der Waals surface area contributed by atoms with E-state index in [0.29, 0.717) is 21.7 Å². The number of H-pyrrole nitrogens is 1. The molecule has 1 N–H and O–H groups in total. The Kier molecular flexibility index (Phi) is 5.77. The third-order valence-electron chi connectivity index (χ3n) is 4.73. The highest BCUT2D eigenvalue weighted by molar-refractivity contribution is 6.32. The number of benzene rings is 3. The molecule has 3 aromatic carbocycles. The van der Waals surface area contributed by atoms with Crippen LogP contribution in [0.3, 0.4) is 0 Å². The molecule has 0 saturated carbocycles. The first-order valence-electron chi connectivity index (χ1n) is 9.42. The van der Waals surface area contributed by atoms with Crippen molar-refractivity contribution in [2.75, 3.05) is 0 Å². The number of hydrogen-bond acceptors (Lipinski definition) is 3. The van der Waals surface area contributed by atoms with E-state index in [1.807, 2.05) is 42.5 Å². The van der Waals surface area contributed by atoms with Crippen molar-refractivity contribution < 1.29 is 14.3 Å². The highest BCUT2D eigenvalue weighted by Crippen LogP contribution is 2.27. The van der Waals surface area contributed by atoms with Gasteiger partial charge in [0.15, 0.2) is 6.10 Å². The molecular formula is C25H18ClNO3. The number of carbonyl (C=O) groups excluding carboxylic acids is 2. The van der Waals surface area contributed by atoms with E-state index in [1.54, 1.807) is 48.7 Å². The van der Waals surface area contributed by atoms with Gasteiger partial charge in [0.2, 0.25) is 5.78 Å². The Bertz CT molecular complexity index is 1230. The first kappa shape index (κ1) is 19.7. The van der Waals surface area contributed by atoms with Gasteiger partial charge in [-0.1, -0.05) is 78.3 Å². The number of carbonyl (C=O) groups is 2. The average molecular weight is 416 g/mol. The van der Waals surface area contributed by atoms with Gasteiger partial charge in [-0.2, -0.15) is 0 Å². The van der Waals surface area contributed by atoms with Gasteiger partial charge in [-0.15, -0.1) is 0 Å². The highest BCUT2D eigenvalue weighted by Gasteiger charge is 2.27. The van der Waals surface area contributed by atoms with Crippen molar-refractivity contribution in [3.05, 3.63) is 113 Å². The van der Waals surface area contributed by atoms with Gasteiger partial charge in [0.25, 0.3) is 0 Å². The number of Topliss-reactive ketones (excluding diaryl/α,β-unsaturated/α-hetero) is 1. The standard InChI is InChI=1S/C25H18ClNO3/c26-21-12-6-4-8-17(21)14-15-23(28)30-25(18-9-2-1-3-10-18)24(29)20-16-27-22-13-7-5-11-19(20)22/h1-16,25,27H. The van der Waals surface area contributed by atoms with Crippen LogP contribution in [0.1, 0.15) is 27.6 Å². The Balaban J connectivity index is 1.63. The Labute approximate surface area is 178 Å². The number of rotatable bonds is 6. The SMILES string of the molecule is O=C(C=Cc1ccccc1Cl)OC(C(=O)c1c[nH]c2ccccc12)c1ccccc1. The third kappa shape index (κ3) is 4.19. The van der Waals surface area contributed by atoms with Gasteiger partial charge in [0.05, 0.1) is 0 Å². The fourth-order valence-corrected chi connectivity index (χ4v) is 3.44. The molecule has 4 rings (SSSR count). The van der Waals surface area contributed by atoms with Gasteiger partial charge in [-0.25, -0.2) is 4.79 Å². The lowest BCUT2D eigenvalue weighted by Crippen LogP contribution is -2.19. The lowest BCUT2D eigenvalue weighted by atomic mass is 9.99. The van der Waals surface area contributed by atoms with Crippen LogP contribution in [0.4, 0.5) is 0 Å². The van der Waals surface area contributed by atoms with Crippen LogP contribution in [0, 0.1) is 0 Å². The molecule has 0 aliphatic rings. The molecule has 1 atom stereocenters. The molecule has 4 nitrogen and oxygen atoms in total. The summed E-state index contributed by atoms with van der Waals surface area (Å²) in [4.78, 5) is 29.0. The molecule has 0 saturated heterocycles. The summed E-state index contributed by atoms with van der Waals surface area (Å²) < 4.78 is 5.60. The second kappa shape index (κ2) is 8.80. The molecule has 1 unspecified atom stereocenters. The van der Waals surface area contributed by atoms with Gasteiger partial charge in [-0.3, -0.25) is 4.79 Å². The Morgan fingerprint density at radius 3 is 2.40 bits per heavy atom. The summed E-state index contributed by atoms with van der Waals surface area (Å²) in [6, 6.07) is 23.6. The molecule has 0 radical (unpaired) electrons. The molecule has 30 heavy (non-hydrogen) atoms. The summed E-state index contributed by atoms with van der Waals surface area (Å²) in [5, 5.41) is 1.31. The van der Waals surface area contributed by atoms with Crippen LogP contribution in [0.5, 0.6) is 0 Å². The minimum absolute atomic E-state index is 0.293. The van der Waals surface area contributed by atoms with Crippen LogP contribution in [0.25, 0.3) is 17.0 Å². The van der Waals surface area contributed by atoms with Crippen molar-refractivity contribution in [3.63, 3.8) is 0 Å². The Morgan fingerprint density at radius 1 is 0.900 bits per heavy atom. The van der Waals surface area contributed by atoms with E-state index in [4.69, 9.17) is 16.3 Å². The molecule has 0 bridgehead atoms. The zero-order valence-corrected chi connectivity index (χ0v) is 16.7. The molecule has 0 spiro atoms. The second-order valence-corrected chi connectivity index (χ2v) is 7.10. The molecule has 0 aliphatic heterocycles. The van der Waals surface area contributed by atoms with Crippen LogP contribution in [-0.4, -0.2) is 16.7 Å². The number of hydrogen-bond donors (Lipinski definition) is 1. The number of aromatic nitrogens is 1. The maximum Gasteiger partial charge on any atom is 0.331 e. The summed E-state index contributed by atoms with van der Waals surface area (Å²) in [5.74, 6) is -0.921. The quantitative estimate of drug-likeness (QED) is 0.238.